The van der Waals surface area contributed by atoms with Crippen LogP contribution < -0.4 is 4.90 Å². The number of hydrogen-bond acceptors (Lipinski definition) is 2. The molecule has 0 aliphatic heterocycles. The molecule has 0 heterocycles. The number of Topliss-reactive ketones (excluding diaryl/α,β-unsaturated/α-hetero) is 1. The smallest absolute Gasteiger partial charge is 0.234 e. The lowest BCUT2D eigenvalue weighted by Gasteiger charge is -2.24. The second-order valence-corrected chi connectivity index (χ2v) is 6.08. The second kappa shape index (κ2) is 5.55. The van der Waals surface area contributed by atoms with Crippen molar-refractivity contribution in [3.63, 3.8) is 0 Å². The largest absolute Gasteiger partial charge is 0.315 e. The number of carbonyl (C=O) groups is 2. The Hall–Kier alpha value is -1.64. The maximum Gasteiger partial charge on any atom is 0.234 e. The van der Waals surface area contributed by atoms with Crippen molar-refractivity contribution in [2.75, 3.05) is 11.9 Å². The van der Waals surface area contributed by atoms with E-state index < -0.39 is 0 Å². The molecule has 0 aliphatic rings. The number of benzene rings is 1. The molecule has 3 heteroatoms. The molecule has 1 aromatic rings. The lowest BCUT2D eigenvalue weighted by Crippen LogP contribution is -2.28. The van der Waals surface area contributed by atoms with Crippen LogP contribution in [0.2, 0.25) is 0 Å². The molecule has 0 spiro atoms. The van der Waals surface area contributed by atoms with Gasteiger partial charge < -0.3 is 4.90 Å². The van der Waals surface area contributed by atoms with Gasteiger partial charge in [-0.15, -0.1) is 0 Å². The summed E-state index contributed by atoms with van der Waals surface area (Å²) in [6, 6.07) is 6.10. The number of hydrogen-bond donors (Lipinski definition) is 0. The van der Waals surface area contributed by atoms with Crippen molar-refractivity contribution in [3.05, 3.63) is 29.3 Å². The second-order valence-electron chi connectivity index (χ2n) is 6.08. The summed E-state index contributed by atoms with van der Waals surface area (Å²) in [6.07, 6.45) is -0.0447. The Balaban J connectivity index is 3.03. The molecule has 0 unspecified atom stereocenters. The molecule has 1 rings (SSSR count). The minimum Gasteiger partial charge on any atom is -0.315 e. The van der Waals surface area contributed by atoms with Gasteiger partial charge in [0.2, 0.25) is 5.91 Å². The maximum atomic E-state index is 11.9. The lowest BCUT2D eigenvalue weighted by atomic mass is 9.86. The summed E-state index contributed by atoms with van der Waals surface area (Å²) in [5.74, 6) is -0.278. The average molecular weight is 261 g/mol. The Kier molecular flexibility index (Phi) is 4.51. The Morgan fingerprint density at radius 1 is 1.21 bits per heavy atom. The lowest BCUT2D eigenvalue weighted by molar-refractivity contribution is -0.125. The molecule has 19 heavy (non-hydrogen) atoms. The van der Waals surface area contributed by atoms with Gasteiger partial charge in [-0.25, -0.2) is 0 Å². The minimum absolute atomic E-state index is 0.0447. The van der Waals surface area contributed by atoms with Crippen LogP contribution in [0.25, 0.3) is 0 Å². The summed E-state index contributed by atoms with van der Waals surface area (Å²) in [5, 5.41) is 0. The van der Waals surface area contributed by atoms with Crippen molar-refractivity contribution in [1.82, 2.24) is 0 Å². The minimum atomic E-state index is -0.167. The van der Waals surface area contributed by atoms with Gasteiger partial charge >= 0.3 is 0 Å². The van der Waals surface area contributed by atoms with Crippen LogP contribution in [0.5, 0.6) is 0 Å². The summed E-state index contributed by atoms with van der Waals surface area (Å²) in [7, 11) is 1.71. The fraction of sp³-hybridized carbons (Fsp3) is 0.500. The number of carbonyl (C=O) groups excluding carboxylic acids is 2. The van der Waals surface area contributed by atoms with Crippen LogP contribution in [-0.4, -0.2) is 18.7 Å². The van der Waals surface area contributed by atoms with Gasteiger partial charge in [0.05, 0.1) is 6.42 Å². The maximum absolute atomic E-state index is 11.9. The van der Waals surface area contributed by atoms with Crippen LogP contribution in [0.1, 0.15) is 45.2 Å². The van der Waals surface area contributed by atoms with Crippen molar-refractivity contribution in [3.8, 4) is 0 Å². The molecule has 1 aromatic carbocycles. The highest BCUT2D eigenvalue weighted by Gasteiger charge is 2.18. The number of anilines is 1. The molecule has 0 atom stereocenters. The van der Waals surface area contributed by atoms with Crippen molar-refractivity contribution in [1.29, 1.82) is 0 Å². The standard InChI is InChI=1S/C16H23NO2/c1-11-9-13(16(3,4)5)7-8-14(11)17(6)15(19)10-12(2)18/h7-9H,10H2,1-6H3. The first-order chi connectivity index (χ1) is 8.62. The van der Waals surface area contributed by atoms with E-state index in [1.165, 1.54) is 12.5 Å². The number of aryl methyl sites for hydroxylation is 1. The van der Waals surface area contributed by atoms with Crippen LogP contribution in [0.4, 0.5) is 5.69 Å². The van der Waals surface area contributed by atoms with Gasteiger partial charge in [0.25, 0.3) is 0 Å². The van der Waals surface area contributed by atoms with E-state index in [9.17, 15) is 9.59 Å². The Morgan fingerprint density at radius 3 is 2.21 bits per heavy atom. The number of rotatable bonds is 3. The molecule has 0 bridgehead atoms. The fourth-order valence-corrected chi connectivity index (χ4v) is 1.96. The first-order valence-corrected chi connectivity index (χ1v) is 6.50. The Labute approximate surface area is 115 Å². The van der Waals surface area contributed by atoms with Gasteiger partial charge in [0.15, 0.2) is 0 Å². The van der Waals surface area contributed by atoms with E-state index in [-0.39, 0.29) is 23.5 Å². The van der Waals surface area contributed by atoms with Crippen LogP contribution >= 0.6 is 0 Å². The molecule has 104 valence electrons. The Bertz CT molecular complexity index is 498. The van der Waals surface area contributed by atoms with Crippen LogP contribution in [0, 0.1) is 6.92 Å². The molecule has 3 nitrogen and oxygen atoms in total. The average Bonchev–Trinajstić information content (AvgIpc) is 2.25. The van der Waals surface area contributed by atoms with Crippen molar-refractivity contribution < 1.29 is 9.59 Å². The van der Waals surface area contributed by atoms with Gasteiger partial charge in [-0.05, 0) is 36.5 Å². The highest BCUT2D eigenvalue weighted by Crippen LogP contribution is 2.28. The highest BCUT2D eigenvalue weighted by molar-refractivity contribution is 6.04. The van der Waals surface area contributed by atoms with Gasteiger partial charge in [-0.1, -0.05) is 32.9 Å². The van der Waals surface area contributed by atoms with E-state index in [0.29, 0.717) is 0 Å². The predicted molar refractivity (Wildman–Crippen MR) is 78.6 cm³/mol. The van der Waals surface area contributed by atoms with Crippen LogP contribution in [0.15, 0.2) is 18.2 Å². The summed E-state index contributed by atoms with van der Waals surface area (Å²) in [6.45, 7) is 9.90. The SMILES string of the molecule is CC(=O)CC(=O)N(C)c1ccc(C(C)(C)C)cc1C. The number of amides is 1. The van der Waals surface area contributed by atoms with E-state index >= 15 is 0 Å². The van der Waals surface area contributed by atoms with Crippen molar-refractivity contribution in [2.45, 2.75) is 46.5 Å². The third kappa shape index (κ3) is 3.91. The van der Waals surface area contributed by atoms with E-state index in [1.54, 1.807) is 11.9 Å². The van der Waals surface area contributed by atoms with Crippen LogP contribution in [0.3, 0.4) is 0 Å². The molecular formula is C16H23NO2. The van der Waals surface area contributed by atoms with E-state index in [4.69, 9.17) is 0 Å². The van der Waals surface area contributed by atoms with E-state index in [1.807, 2.05) is 19.1 Å². The zero-order chi connectivity index (χ0) is 14.8. The highest BCUT2D eigenvalue weighted by atomic mass is 16.2. The molecule has 0 N–H and O–H groups in total. The summed E-state index contributed by atoms with van der Waals surface area (Å²) in [5.41, 5.74) is 3.23. The predicted octanol–water partition coefficient (Wildman–Crippen LogP) is 3.23. The van der Waals surface area contributed by atoms with Crippen molar-refractivity contribution >= 4 is 17.4 Å². The topological polar surface area (TPSA) is 37.4 Å². The first kappa shape index (κ1) is 15.4. The third-order valence-electron chi connectivity index (χ3n) is 3.20. The van der Waals surface area contributed by atoms with Crippen molar-refractivity contribution in [2.24, 2.45) is 0 Å². The van der Waals surface area contributed by atoms with E-state index in [0.717, 1.165) is 11.3 Å². The molecule has 0 fully saturated rings. The summed E-state index contributed by atoms with van der Waals surface area (Å²) in [4.78, 5) is 24.5. The Morgan fingerprint density at radius 2 is 1.79 bits per heavy atom. The third-order valence-corrected chi connectivity index (χ3v) is 3.20. The molecule has 0 saturated heterocycles. The zero-order valence-electron chi connectivity index (χ0n) is 12.7. The monoisotopic (exact) mass is 261 g/mol. The molecular weight excluding hydrogens is 238 g/mol. The molecule has 0 aliphatic carbocycles. The van der Waals surface area contributed by atoms with Gasteiger partial charge in [-0.3, -0.25) is 9.59 Å². The normalized spacial score (nSPS) is 11.3. The number of nitrogens with zero attached hydrogens (tertiary/aromatic N) is 1. The van der Waals surface area contributed by atoms with Gasteiger partial charge in [-0.2, -0.15) is 0 Å². The summed E-state index contributed by atoms with van der Waals surface area (Å²) < 4.78 is 0. The number of ketones is 1. The van der Waals surface area contributed by atoms with Gasteiger partial charge in [0, 0.05) is 12.7 Å². The first-order valence-electron chi connectivity index (χ1n) is 6.50. The molecule has 0 saturated carbocycles. The quantitative estimate of drug-likeness (QED) is 0.783. The zero-order valence-corrected chi connectivity index (χ0v) is 12.7. The molecule has 1 amide bonds. The van der Waals surface area contributed by atoms with E-state index in [2.05, 4.69) is 26.8 Å². The summed E-state index contributed by atoms with van der Waals surface area (Å²) >= 11 is 0. The van der Waals surface area contributed by atoms with Gasteiger partial charge in [0.1, 0.15) is 5.78 Å². The molecule has 0 aromatic heterocycles. The van der Waals surface area contributed by atoms with Crippen LogP contribution in [-0.2, 0) is 15.0 Å². The fourth-order valence-electron chi connectivity index (χ4n) is 1.96. The molecule has 0 radical (unpaired) electrons.